The van der Waals surface area contributed by atoms with Crippen LogP contribution >= 0.6 is 11.3 Å². The fourth-order valence-corrected chi connectivity index (χ4v) is 9.08. The van der Waals surface area contributed by atoms with Crippen molar-refractivity contribution in [2.45, 2.75) is 0 Å². The van der Waals surface area contributed by atoms with Crippen LogP contribution in [0, 0.1) is 0 Å². The van der Waals surface area contributed by atoms with E-state index in [4.69, 9.17) is 0 Å². The number of fused-ring (bicyclic) bond motifs is 10. The lowest BCUT2D eigenvalue weighted by Gasteiger charge is -2.17. The second-order valence-corrected chi connectivity index (χ2v) is 14.3. The summed E-state index contributed by atoms with van der Waals surface area (Å²) in [5.41, 5.74) is 10.2. The van der Waals surface area contributed by atoms with Gasteiger partial charge in [-0.05, 0) is 65.4 Å². The number of benzene rings is 7. The van der Waals surface area contributed by atoms with E-state index in [1.165, 1.54) is 75.0 Å². The third-order valence-electron chi connectivity index (χ3n) is 10.3. The summed E-state index contributed by atoms with van der Waals surface area (Å²) in [6.45, 7) is 4.71. The zero-order valence-corrected chi connectivity index (χ0v) is 29.2. The van der Waals surface area contributed by atoms with Gasteiger partial charge in [-0.3, -0.25) is 4.99 Å². The smallest absolute Gasteiger partial charge is 0.0856 e. The molecule has 10 rings (SSSR count). The molecule has 246 valence electrons. The van der Waals surface area contributed by atoms with E-state index in [-0.39, 0.29) is 0 Å². The molecule has 0 fully saturated rings. The first-order valence-electron chi connectivity index (χ1n) is 17.6. The van der Waals surface area contributed by atoms with E-state index < -0.39 is 0 Å². The fourth-order valence-electron chi connectivity index (χ4n) is 7.83. The molecule has 9 aromatic rings. The lowest BCUT2D eigenvalue weighted by atomic mass is 9.97. The van der Waals surface area contributed by atoms with Gasteiger partial charge >= 0.3 is 0 Å². The third-order valence-corrected chi connectivity index (χ3v) is 11.5. The van der Waals surface area contributed by atoms with Crippen molar-refractivity contribution in [2.75, 3.05) is 6.54 Å². The van der Waals surface area contributed by atoms with Gasteiger partial charge in [0.25, 0.3) is 0 Å². The summed E-state index contributed by atoms with van der Waals surface area (Å²) < 4.78 is 5.11. The molecule has 1 aliphatic rings. The average Bonchev–Trinajstić information content (AvgIpc) is 3.77. The van der Waals surface area contributed by atoms with Gasteiger partial charge in [0.05, 0.1) is 16.7 Å². The molecule has 1 aliphatic heterocycles. The van der Waals surface area contributed by atoms with Crippen molar-refractivity contribution in [2.24, 2.45) is 4.99 Å². The quantitative estimate of drug-likeness (QED) is 0.160. The van der Waals surface area contributed by atoms with E-state index in [2.05, 4.69) is 191 Å². The van der Waals surface area contributed by atoms with E-state index in [0.29, 0.717) is 0 Å². The number of thiophene rings is 1. The predicted molar refractivity (Wildman–Crippen MR) is 225 cm³/mol. The Labute approximate surface area is 306 Å². The zero-order valence-electron chi connectivity index (χ0n) is 28.4. The van der Waals surface area contributed by atoms with Crippen molar-refractivity contribution in [3.63, 3.8) is 0 Å². The van der Waals surface area contributed by atoms with E-state index in [0.717, 1.165) is 23.5 Å². The first-order chi connectivity index (χ1) is 25.7. The Bertz CT molecular complexity index is 2920. The summed E-state index contributed by atoms with van der Waals surface area (Å²) in [6.07, 6.45) is 10.3. The number of aliphatic imine (C=N–C) groups is 1. The summed E-state index contributed by atoms with van der Waals surface area (Å²) in [4.78, 5) is 6.53. The van der Waals surface area contributed by atoms with Gasteiger partial charge in [0.2, 0.25) is 0 Å². The second-order valence-electron chi connectivity index (χ2n) is 13.3. The van der Waals surface area contributed by atoms with Crippen LogP contribution in [0.3, 0.4) is 0 Å². The zero-order chi connectivity index (χ0) is 34.6. The third kappa shape index (κ3) is 4.91. The van der Waals surface area contributed by atoms with Crippen LogP contribution in [-0.4, -0.2) is 22.7 Å². The molecular weight excluding hydrogens is 651 g/mol. The van der Waals surface area contributed by atoms with Crippen molar-refractivity contribution in [1.29, 1.82) is 0 Å². The van der Waals surface area contributed by atoms with Crippen LogP contribution < -0.4 is 0 Å². The van der Waals surface area contributed by atoms with Crippen molar-refractivity contribution < 1.29 is 0 Å². The highest BCUT2D eigenvalue weighted by molar-refractivity contribution is 7.27. The largest absolute Gasteiger partial charge is 0.348 e. The van der Waals surface area contributed by atoms with E-state index >= 15 is 0 Å². The van der Waals surface area contributed by atoms with Gasteiger partial charge in [0.1, 0.15) is 0 Å². The van der Waals surface area contributed by atoms with Gasteiger partial charge in [-0.1, -0.05) is 127 Å². The molecule has 52 heavy (non-hydrogen) atoms. The number of allylic oxidation sites excluding steroid dienone is 2. The minimum Gasteiger partial charge on any atom is -0.348 e. The summed E-state index contributed by atoms with van der Waals surface area (Å²) in [7, 11) is 0. The van der Waals surface area contributed by atoms with E-state index in [1.807, 2.05) is 17.4 Å². The first kappa shape index (κ1) is 30.3. The highest BCUT2D eigenvalue weighted by atomic mass is 32.1. The van der Waals surface area contributed by atoms with Gasteiger partial charge in [0, 0.05) is 71.9 Å². The normalized spacial score (nSPS) is 13.3. The van der Waals surface area contributed by atoms with Crippen molar-refractivity contribution >= 4 is 76.5 Å². The lowest BCUT2D eigenvalue weighted by molar-refractivity contribution is 0.561. The van der Waals surface area contributed by atoms with Crippen LogP contribution in [0.5, 0.6) is 0 Å². The average molecular weight is 684 g/mol. The Hall–Kier alpha value is -6.49. The number of aromatic nitrogens is 1. The van der Waals surface area contributed by atoms with Crippen molar-refractivity contribution in [3.05, 3.63) is 182 Å². The number of rotatable bonds is 6. The molecule has 0 saturated carbocycles. The monoisotopic (exact) mass is 683 g/mol. The maximum absolute atomic E-state index is 4.41. The Morgan fingerprint density at radius 1 is 0.615 bits per heavy atom. The Kier molecular flexibility index (Phi) is 7.22. The maximum Gasteiger partial charge on any atom is 0.0856 e. The molecule has 2 aromatic heterocycles. The Morgan fingerprint density at radius 2 is 1.29 bits per heavy atom. The SMILES string of the molecule is C=N/C(=C\N1C=CC=CC1)c1ccc(-n2c3ccc(-c4ccc(-c5ccccc5)cc4)cc3c3c4c5ccccc5sc4c4ccccc4c32)cc1. The molecule has 7 aromatic carbocycles. The number of hydrogen-bond donors (Lipinski definition) is 0. The molecule has 0 saturated heterocycles. The molecule has 4 heteroatoms. The van der Waals surface area contributed by atoms with Crippen LogP contribution in [0.1, 0.15) is 5.56 Å². The fraction of sp³-hybridized carbons (Fsp3) is 0.0208. The first-order valence-corrected chi connectivity index (χ1v) is 18.4. The Morgan fingerprint density at radius 3 is 2.04 bits per heavy atom. The van der Waals surface area contributed by atoms with Crippen molar-refractivity contribution in [3.8, 4) is 27.9 Å². The second kappa shape index (κ2) is 12.4. The highest BCUT2D eigenvalue weighted by Gasteiger charge is 2.22. The van der Waals surface area contributed by atoms with Crippen LogP contribution in [-0.2, 0) is 0 Å². The van der Waals surface area contributed by atoms with Crippen LogP contribution in [0.2, 0.25) is 0 Å². The summed E-state index contributed by atoms with van der Waals surface area (Å²) in [5, 5.41) is 7.72. The molecule has 0 aliphatic carbocycles. The highest BCUT2D eigenvalue weighted by Crippen LogP contribution is 2.48. The van der Waals surface area contributed by atoms with Crippen LogP contribution in [0.4, 0.5) is 0 Å². The van der Waals surface area contributed by atoms with E-state index in [1.54, 1.807) is 0 Å². The molecule has 0 atom stereocenters. The van der Waals surface area contributed by atoms with Crippen LogP contribution in [0.25, 0.3) is 86.4 Å². The van der Waals surface area contributed by atoms with Gasteiger partial charge in [-0.15, -0.1) is 11.3 Å². The molecule has 0 bridgehead atoms. The summed E-state index contributed by atoms with van der Waals surface area (Å²) in [5.74, 6) is 0. The van der Waals surface area contributed by atoms with Gasteiger partial charge in [0.15, 0.2) is 0 Å². The molecule has 0 radical (unpaired) electrons. The molecular formula is C48H33N3S. The number of hydrogen-bond acceptors (Lipinski definition) is 3. The van der Waals surface area contributed by atoms with Gasteiger partial charge in [-0.25, -0.2) is 0 Å². The molecule has 0 spiro atoms. The molecule has 0 N–H and O–H groups in total. The van der Waals surface area contributed by atoms with Crippen molar-refractivity contribution in [1.82, 2.24) is 9.47 Å². The number of nitrogens with zero attached hydrogens (tertiary/aromatic N) is 3. The summed E-state index contributed by atoms with van der Waals surface area (Å²) >= 11 is 1.90. The predicted octanol–water partition coefficient (Wildman–Crippen LogP) is 13.0. The lowest BCUT2D eigenvalue weighted by Crippen LogP contribution is -2.11. The van der Waals surface area contributed by atoms with Gasteiger partial charge in [-0.2, -0.15) is 0 Å². The Balaban J connectivity index is 1.22. The molecule has 3 nitrogen and oxygen atoms in total. The van der Waals surface area contributed by atoms with Gasteiger partial charge < -0.3 is 9.47 Å². The minimum absolute atomic E-state index is 0.812. The standard InChI is InChI=1S/C48H33N3S/c1-49-42(31-50-28-10-3-11-29-50)35-22-25-37(26-23-35)51-43-27-24-36(34-20-18-33(19-21-34)32-12-4-2-5-13-32)30-41(43)45-46-40-16-8-9-17-44(40)52-48(46)39-15-7-6-14-38(39)47(45)51/h2-28,30-31H,1,29H2/b42-31-. The van der Waals surface area contributed by atoms with E-state index in [9.17, 15) is 0 Å². The van der Waals surface area contributed by atoms with Crippen LogP contribution in [0.15, 0.2) is 181 Å². The molecule has 0 amide bonds. The maximum atomic E-state index is 4.41. The molecule has 3 heterocycles. The topological polar surface area (TPSA) is 20.5 Å². The summed E-state index contributed by atoms with van der Waals surface area (Å²) in [6, 6.07) is 53.1. The minimum atomic E-state index is 0.812. The molecule has 0 unspecified atom stereocenters.